The summed E-state index contributed by atoms with van der Waals surface area (Å²) in [5.74, 6) is 1.35. The Morgan fingerprint density at radius 2 is 1.28 bits per heavy atom. The molecule has 0 atom stereocenters. The molecule has 2 aliphatic rings. The van der Waals surface area contributed by atoms with Gasteiger partial charge in [0.15, 0.2) is 0 Å². The van der Waals surface area contributed by atoms with E-state index in [0.29, 0.717) is 11.8 Å². The van der Waals surface area contributed by atoms with Crippen LogP contribution in [-0.4, -0.2) is 9.55 Å². The normalized spacial score (nSPS) is 18.8. The summed E-state index contributed by atoms with van der Waals surface area (Å²) in [6.45, 7) is 0. The van der Waals surface area contributed by atoms with E-state index in [2.05, 4.69) is 58.2 Å². The Labute approximate surface area is 175 Å². The van der Waals surface area contributed by atoms with Gasteiger partial charge >= 0.3 is 0 Å². The van der Waals surface area contributed by atoms with Crippen molar-refractivity contribution in [3.8, 4) is 16.8 Å². The Bertz CT molecular complexity index is 875. The van der Waals surface area contributed by atoms with Crippen LogP contribution < -0.4 is 0 Å². The van der Waals surface area contributed by atoms with Crippen LogP contribution in [0.5, 0.6) is 0 Å². The molecule has 1 heterocycles. The number of imidazole rings is 1. The van der Waals surface area contributed by atoms with Gasteiger partial charge in [-0.1, -0.05) is 68.9 Å². The van der Waals surface area contributed by atoms with Crippen molar-refractivity contribution in [1.82, 2.24) is 9.55 Å². The van der Waals surface area contributed by atoms with Gasteiger partial charge in [-0.25, -0.2) is 4.98 Å². The van der Waals surface area contributed by atoms with E-state index < -0.39 is 0 Å². The zero-order chi connectivity index (χ0) is 19.5. The molecule has 1 aromatic heterocycles. The first kappa shape index (κ1) is 18.7. The van der Waals surface area contributed by atoms with Crippen LogP contribution in [0.15, 0.2) is 61.2 Å². The Morgan fingerprint density at radius 1 is 0.690 bits per heavy atom. The molecule has 0 aliphatic heterocycles. The second-order valence-electron chi connectivity index (χ2n) is 9.01. The summed E-state index contributed by atoms with van der Waals surface area (Å²) in [6.07, 6.45) is 19.6. The first-order valence-electron chi connectivity index (χ1n) is 11.6. The van der Waals surface area contributed by atoms with E-state index in [4.69, 9.17) is 0 Å². The fraction of sp³-hybridized carbons (Fsp3) is 0.444. The van der Waals surface area contributed by atoms with Gasteiger partial charge in [-0.3, -0.25) is 0 Å². The molecule has 2 aromatic carbocycles. The number of benzene rings is 2. The van der Waals surface area contributed by atoms with Crippen LogP contribution in [-0.2, 0) is 0 Å². The van der Waals surface area contributed by atoms with E-state index in [-0.39, 0.29) is 0 Å². The van der Waals surface area contributed by atoms with Crippen LogP contribution in [0, 0.1) is 0 Å². The molecule has 2 fully saturated rings. The smallest absolute Gasteiger partial charge is 0.0991 e. The topological polar surface area (TPSA) is 17.8 Å². The van der Waals surface area contributed by atoms with Crippen molar-refractivity contribution in [1.29, 1.82) is 0 Å². The first-order chi connectivity index (χ1) is 14.4. The molecule has 2 aliphatic carbocycles. The highest BCUT2D eigenvalue weighted by Crippen LogP contribution is 2.44. The largest absolute Gasteiger partial charge is 0.306 e. The summed E-state index contributed by atoms with van der Waals surface area (Å²) in [5, 5.41) is 0. The quantitative estimate of drug-likeness (QED) is 0.452. The average Bonchev–Trinajstić information content (AvgIpc) is 3.34. The molecule has 0 saturated heterocycles. The van der Waals surface area contributed by atoms with Gasteiger partial charge in [-0.15, -0.1) is 0 Å². The highest BCUT2D eigenvalue weighted by atomic mass is 15.0. The monoisotopic (exact) mass is 384 g/mol. The Morgan fingerprint density at radius 3 is 1.79 bits per heavy atom. The van der Waals surface area contributed by atoms with Crippen molar-refractivity contribution in [3.63, 3.8) is 0 Å². The molecular formula is C27H32N2. The van der Waals surface area contributed by atoms with Gasteiger partial charge in [0, 0.05) is 12.4 Å². The predicted octanol–water partition coefficient (Wildman–Crippen LogP) is 7.63. The van der Waals surface area contributed by atoms with Gasteiger partial charge in [0.25, 0.3) is 0 Å². The van der Waals surface area contributed by atoms with E-state index in [1.165, 1.54) is 81.0 Å². The summed E-state index contributed by atoms with van der Waals surface area (Å²) in [7, 11) is 0. The second kappa shape index (κ2) is 8.57. The first-order valence-corrected chi connectivity index (χ1v) is 11.6. The molecule has 0 bridgehead atoms. The molecule has 0 N–H and O–H groups in total. The number of aromatic nitrogens is 2. The lowest BCUT2D eigenvalue weighted by atomic mass is 9.77. The van der Waals surface area contributed by atoms with Crippen molar-refractivity contribution in [2.24, 2.45) is 0 Å². The second-order valence-corrected chi connectivity index (χ2v) is 9.01. The highest BCUT2D eigenvalue weighted by Gasteiger charge is 2.26. The van der Waals surface area contributed by atoms with Gasteiger partial charge in [-0.05, 0) is 71.9 Å². The third-order valence-electron chi connectivity index (χ3n) is 7.13. The van der Waals surface area contributed by atoms with Crippen LogP contribution in [0.3, 0.4) is 0 Å². The summed E-state index contributed by atoms with van der Waals surface area (Å²) < 4.78 is 2.31. The van der Waals surface area contributed by atoms with Crippen LogP contribution in [0.1, 0.15) is 87.2 Å². The summed E-state index contributed by atoms with van der Waals surface area (Å²) >= 11 is 0. The lowest BCUT2D eigenvalue weighted by Crippen LogP contribution is -2.14. The van der Waals surface area contributed by atoms with E-state index in [1.54, 1.807) is 11.1 Å². The van der Waals surface area contributed by atoms with Gasteiger partial charge in [0.2, 0.25) is 0 Å². The Balaban J connectivity index is 1.71. The van der Waals surface area contributed by atoms with Crippen LogP contribution in [0.2, 0.25) is 0 Å². The molecule has 0 amide bonds. The minimum atomic E-state index is 0.673. The van der Waals surface area contributed by atoms with Crippen molar-refractivity contribution >= 4 is 0 Å². The molecule has 150 valence electrons. The molecule has 2 nitrogen and oxygen atoms in total. The van der Waals surface area contributed by atoms with Crippen molar-refractivity contribution in [3.05, 3.63) is 72.3 Å². The maximum atomic E-state index is 4.41. The standard InChI is InChI=1S/C27H32N2/c1-4-10-21(11-5-1)24-18-25(22-12-6-2-7-13-22)27(29-17-16-28-20-29)26(19-24)23-14-8-3-9-15-23/h1,4-5,10-11,16-20,22-23H,2-3,6-9,12-15H2. The minimum absolute atomic E-state index is 0.673. The van der Waals surface area contributed by atoms with Gasteiger partial charge < -0.3 is 4.57 Å². The predicted molar refractivity (Wildman–Crippen MR) is 121 cm³/mol. The lowest BCUT2D eigenvalue weighted by Gasteiger charge is -2.31. The molecule has 29 heavy (non-hydrogen) atoms. The van der Waals surface area contributed by atoms with Crippen molar-refractivity contribution < 1.29 is 0 Å². The van der Waals surface area contributed by atoms with E-state index in [1.807, 2.05) is 12.5 Å². The molecule has 2 saturated carbocycles. The van der Waals surface area contributed by atoms with Gasteiger partial charge in [0.1, 0.15) is 0 Å². The number of hydrogen-bond donors (Lipinski definition) is 0. The molecule has 2 heteroatoms. The Hall–Kier alpha value is -2.35. The lowest BCUT2D eigenvalue weighted by molar-refractivity contribution is 0.434. The van der Waals surface area contributed by atoms with Gasteiger partial charge in [0.05, 0.1) is 12.0 Å². The van der Waals surface area contributed by atoms with Crippen LogP contribution in [0.25, 0.3) is 16.8 Å². The van der Waals surface area contributed by atoms with Crippen molar-refractivity contribution in [2.45, 2.75) is 76.0 Å². The van der Waals surface area contributed by atoms with E-state index >= 15 is 0 Å². The van der Waals surface area contributed by atoms with E-state index in [9.17, 15) is 0 Å². The van der Waals surface area contributed by atoms with Crippen LogP contribution in [0.4, 0.5) is 0 Å². The molecule has 5 rings (SSSR count). The van der Waals surface area contributed by atoms with Crippen molar-refractivity contribution in [2.75, 3.05) is 0 Å². The number of hydrogen-bond acceptors (Lipinski definition) is 1. The third kappa shape index (κ3) is 3.90. The molecular weight excluding hydrogens is 352 g/mol. The molecule has 0 unspecified atom stereocenters. The third-order valence-corrected chi connectivity index (χ3v) is 7.13. The number of rotatable bonds is 4. The maximum absolute atomic E-state index is 4.41. The molecule has 0 spiro atoms. The minimum Gasteiger partial charge on any atom is -0.306 e. The summed E-state index contributed by atoms with van der Waals surface area (Å²) in [4.78, 5) is 4.41. The highest BCUT2D eigenvalue weighted by molar-refractivity contribution is 5.70. The van der Waals surface area contributed by atoms with Crippen LogP contribution >= 0.6 is 0 Å². The molecule has 3 aromatic rings. The summed E-state index contributed by atoms with van der Waals surface area (Å²) in [5.41, 5.74) is 7.31. The fourth-order valence-corrected chi connectivity index (χ4v) is 5.62. The molecule has 0 radical (unpaired) electrons. The SMILES string of the molecule is c1ccc(-c2cc(C3CCCCC3)c(-n3ccnc3)c(C3CCCCC3)c2)cc1. The summed E-state index contributed by atoms with van der Waals surface area (Å²) in [6, 6.07) is 16.0. The fourth-order valence-electron chi connectivity index (χ4n) is 5.62. The maximum Gasteiger partial charge on any atom is 0.0991 e. The van der Waals surface area contributed by atoms with Gasteiger partial charge in [-0.2, -0.15) is 0 Å². The zero-order valence-corrected chi connectivity index (χ0v) is 17.4. The number of nitrogens with zero attached hydrogens (tertiary/aromatic N) is 2. The zero-order valence-electron chi connectivity index (χ0n) is 17.4. The van der Waals surface area contributed by atoms with E-state index in [0.717, 1.165) is 0 Å². The average molecular weight is 385 g/mol. The Kier molecular flexibility index (Phi) is 5.51.